The Kier molecular flexibility index (Phi) is 8.45. The third-order valence-electron chi connectivity index (χ3n) is 3.89. The minimum atomic E-state index is -0.672. The minimum Gasteiger partial charge on any atom is -0.490 e. The lowest BCUT2D eigenvalue weighted by molar-refractivity contribution is -0.148. The van der Waals surface area contributed by atoms with Crippen molar-refractivity contribution in [2.45, 2.75) is 39.2 Å². The lowest BCUT2D eigenvalue weighted by atomic mass is 10.1. The molecule has 0 unspecified atom stereocenters. The number of nitrogens with one attached hydrogen (secondary N) is 2. The maximum Gasteiger partial charge on any atom is 0.306 e. The number of carbonyl (C=O) groups excluding carboxylic acids is 4. The zero-order valence-electron chi connectivity index (χ0n) is 16.6. The molecule has 0 atom stereocenters. The second kappa shape index (κ2) is 11.0. The summed E-state index contributed by atoms with van der Waals surface area (Å²) in [5.74, 6) is -0.741. The summed E-state index contributed by atoms with van der Waals surface area (Å²) in [6, 6.07) is 4.86. The standard InChI is InChI=1S/C20H26N2O7/c1-13(2)22-18(24)11-21-19(25)12-29-20(26)7-5-15(23)14-4-6-16-17(10-14)28-9-3-8-27-16/h4,6,10,13H,3,5,7-9,11-12H2,1-2H3,(H,21,25)(H,22,24). The first kappa shape index (κ1) is 22.2. The molecule has 29 heavy (non-hydrogen) atoms. The van der Waals surface area contributed by atoms with E-state index in [2.05, 4.69) is 10.6 Å². The highest BCUT2D eigenvalue weighted by atomic mass is 16.5. The van der Waals surface area contributed by atoms with Crippen molar-refractivity contribution in [3.63, 3.8) is 0 Å². The van der Waals surface area contributed by atoms with Crippen LogP contribution in [0.3, 0.4) is 0 Å². The van der Waals surface area contributed by atoms with Crippen molar-refractivity contribution in [1.29, 1.82) is 0 Å². The number of rotatable bonds is 9. The second-order valence-corrected chi connectivity index (χ2v) is 6.79. The van der Waals surface area contributed by atoms with Gasteiger partial charge in [0.05, 0.1) is 26.2 Å². The van der Waals surface area contributed by atoms with Crippen molar-refractivity contribution in [1.82, 2.24) is 10.6 Å². The number of hydrogen-bond donors (Lipinski definition) is 2. The van der Waals surface area contributed by atoms with Crippen molar-refractivity contribution in [3.05, 3.63) is 23.8 Å². The van der Waals surface area contributed by atoms with Crippen LogP contribution in [0.2, 0.25) is 0 Å². The molecule has 2 N–H and O–H groups in total. The molecule has 0 aromatic heterocycles. The first-order chi connectivity index (χ1) is 13.8. The number of benzene rings is 1. The molecule has 1 aromatic carbocycles. The molecule has 0 bridgehead atoms. The number of ketones is 1. The Hall–Kier alpha value is -3.10. The van der Waals surface area contributed by atoms with Crippen molar-refractivity contribution in [2.24, 2.45) is 0 Å². The van der Waals surface area contributed by atoms with Crippen LogP contribution >= 0.6 is 0 Å². The van der Waals surface area contributed by atoms with E-state index in [4.69, 9.17) is 14.2 Å². The Morgan fingerprint density at radius 2 is 1.76 bits per heavy atom. The van der Waals surface area contributed by atoms with Gasteiger partial charge in [-0.1, -0.05) is 0 Å². The van der Waals surface area contributed by atoms with Gasteiger partial charge in [-0.05, 0) is 32.0 Å². The average Bonchev–Trinajstić information content (AvgIpc) is 2.93. The first-order valence-electron chi connectivity index (χ1n) is 9.49. The highest BCUT2D eigenvalue weighted by Crippen LogP contribution is 2.30. The number of esters is 1. The van der Waals surface area contributed by atoms with Crippen LogP contribution in [0.4, 0.5) is 0 Å². The van der Waals surface area contributed by atoms with Gasteiger partial charge in [-0.3, -0.25) is 19.2 Å². The number of carbonyl (C=O) groups is 4. The van der Waals surface area contributed by atoms with Gasteiger partial charge < -0.3 is 24.8 Å². The topological polar surface area (TPSA) is 120 Å². The van der Waals surface area contributed by atoms with E-state index in [1.165, 1.54) is 0 Å². The van der Waals surface area contributed by atoms with Crippen LogP contribution < -0.4 is 20.1 Å². The van der Waals surface area contributed by atoms with Crippen LogP contribution in [0.1, 0.15) is 43.5 Å². The zero-order valence-corrected chi connectivity index (χ0v) is 16.6. The highest BCUT2D eigenvalue weighted by molar-refractivity contribution is 5.98. The Morgan fingerprint density at radius 1 is 1.03 bits per heavy atom. The Morgan fingerprint density at radius 3 is 2.48 bits per heavy atom. The number of amides is 2. The number of hydrogen-bond acceptors (Lipinski definition) is 7. The monoisotopic (exact) mass is 406 g/mol. The molecule has 9 nitrogen and oxygen atoms in total. The largest absolute Gasteiger partial charge is 0.490 e. The van der Waals surface area contributed by atoms with E-state index in [1.807, 2.05) is 0 Å². The minimum absolute atomic E-state index is 0.0339. The molecule has 0 saturated heterocycles. The zero-order chi connectivity index (χ0) is 21.2. The molecular weight excluding hydrogens is 380 g/mol. The van der Waals surface area contributed by atoms with E-state index in [9.17, 15) is 19.2 Å². The molecule has 2 rings (SSSR count). The first-order valence-corrected chi connectivity index (χ1v) is 9.49. The fourth-order valence-electron chi connectivity index (χ4n) is 2.52. The summed E-state index contributed by atoms with van der Waals surface area (Å²) in [7, 11) is 0. The summed E-state index contributed by atoms with van der Waals surface area (Å²) in [6.07, 6.45) is 0.547. The molecule has 1 aliphatic rings. The van der Waals surface area contributed by atoms with Gasteiger partial charge in [0.25, 0.3) is 5.91 Å². The molecule has 0 aliphatic carbocycles. The molecule has 0 spiro atoms. The lowest BCUT2D eigenvalue weighted by Crippen LogP contribution is -2.41. The summed E-state index contributed by atoms with van der Waals surface area (Å²) < 4.78 is 15.9. The lowest BCUT2D eigenvalue weighted by Gasteiger charge is -2.10. The maximum atomic E-state index is 12.3. The van der Waals surface area contributed by atoms with Crippen LogP contribution in [0.5, 0.6) is 11.5 Å². The van der Waals surface area contributed by atoms with Gasteiger partial charge in [0.1, 0.15) is 0 Å². The van der Waals surface area contributed by atoms with Crippen molar-refractivity contribution in [2.75, 3.05) is 26.4 Å². The van der Waals surface area contributed by atoms with Gasteiger partial charge in [0.15, 0.2) is 23.9 Å². The third kappa shape index (κ3) is 7.81. The molecule has 1 heterocycles. The average molecular weight is 406 g/mol. The molecule has 2 amide bonds. The third-order valence-corrected chi connectivity index (χ3v) is 3.89. The quantitative estimate of drug-likeness (QED) is 0.464. The van der Waals surface area contributed by atoms with Gasteiger partial charge >= 0.3 is 5.97 Å². The molecule has 0 radical (unpaired) electrons. The molecule has 1 aliphatic heterocycles. The molecule has 158 valence electrons. The van der Waals surface area contributed by atoms with E-state index < -0.39 is 18.5 Å². The SMILES string of the molecule is CC(C)NC(=O)CNC(=O)COC(=O)CCC(=O)c1ccc2c(c1)OCCCO2. The summed E-state index contributed by atoms with van der Waals surface area (Å²) in [5, 5.41) is 4.97. The van der Waals surface area contributed by atoms with E-state index in [1.54, 1.807) is 32.0 Å². The second-order valence-electron chi connectivity index (χ2n) is 6.79. The van der Waals surface area contributed by atoms with E-state index in [0.717, 1.165) is 6.42 Å². The maximum absolute atomic E-state index is 12.3. The summed E-state index contributed by atoms with van der Waals surface area (Å²) in [6.45, 7) is 3.97. The van der Waals surface area contributed by atoms with Crippen LogP contribution in [0, 0.1) is 0 Å². The number of fused-ring (bicyclic) bond motifs is 1. The van der Waals surface area contributed by atoms with Crippen LogP contribution in [0.25, 0.3) is 0 Å². The number of ether oxygens (including phenoxy) is 3. The van der Waals surface area contributed by atoms with Gasteiger partial charge in [0.2, 0.25) is 5.91 Å². The van der Waals surface area contributed by atoms with Gasteiger partial charge in [-0.15, -0.1) is 0 Å². The highest BCUT2D eigenvalue weighted by Gasteiger charge is 2.16. The summed E-state index contributed by atoms with van der Waals surface area (Å²) in [4.78, 5) is 47.1. The van der Waals surface area contributed by atoms with Crippen molar-refractivity contribution in [3.8, 4) is 11.5 Å². The predicted octanol–water partition coefficient (Wildman–Crippen LogP) is 0.995. The normalized spacial score (nSPS) is 12.7. The predicted molar refractivity (Wildman–Crippen MR) is 103 cm³/mol. The summed E-state index contributed by atoms with van der Waals surface area (Å²) >= 11 is 0. The fourth-order valence-corrected chi connectivity index (χ4v) is 2.52. The molecule has 9 heteroatoms. The Bertz CT molecular complexity index is 761. The van der Waals surface area contributed by atoms with Crippen LogP contribution in [-0.4, -0.2) is 56.0 Å². The fraction of sp³-hybridized carbons (Fsp3) is 0.500. The van der Waals surface area contributed by atoms with Gasteiger partial charge in [-0.25, -0.2) is 0 Å². The van der Waals surface area contributed by atoms with Gasteiger partial charge in [-0.2, -0.15) is 0 Å². The number of Topliss-reactive ketones (excluding diaryl/α,β-unsaturated/α-hetero) is 1. The summed E-state index contributed by atoms with van der Waals surface area (Å²) in [5.41, 5.74) is 0.413. The van der Waals surface area contributed by atoms with Crippen molar-refractivity contribution < 1.29 is 33.4 Å². The van der Waals surface area contributed by atoms with Crippen molar-refractivity contribution >= 4 is 23.6 Å². The van der Waals surface area contributed by atoms with Crippen LogP contribution in [-0.2, 0) is 19.1 Å². The van der Waals surface area contributed by atoms with E-state index in [0.29, 0.717) is 30.3 Å². The van der Waals surface area contributed by atoms with E-state index >= 15 is 0 Å². The van der Waals surface area contributed by atoms with E-state index in [-0.39, 0.29) is 37.1 Å². The van der Waals surface area contributed by atoms with Crippen LogP contribution in [0.15, 0.2) is 18.2 Å². The molecule has 0 fully saturated rings. The van der Waals surface area contributed by atoms with Gasteiger partial charge in [0, 0.05) is 24.4 Å². The smallest absolute Gasteiger partial charge is 0.306 e. The Balaban J connectivity index is 1.71. The molecule has 1 aromatic rings. The molecular formula is C20H26N2O7. The molecule has 0 saturated carbocycles. The Labute approximate surface area is 169 Å².